The lowest BCUT2D eigenvalue weighted by Gasteiger charge is -2.27. The SMILES string of the molecule is COc1cccc(/C(O)=C2\C(=O)C(=O)N(CCCN(C)C)[C@H]2c2ccccc2OC)c1. The lowest BCUT2D eigenvalue weighted by molar-refractivity contribution is -0.140. The van der Waals surface area contributed by atoms with Crippen LogP contribution in [0.25, 0.3) is 5.76 Å². The molecule has 0 radical (unpaired) electrons. The van der Waals surface area contributed by atoms with Gasteiger partial charge in [-0.3, -0.25) is 9.59 Å². The Labute approximate surface area is 182 Å². The van der Waals surface area contributed by atoms with E-state index in [2.05, 4.69) is 0 Å². The number of carbonyl (C=O) groups is 2. The number of Topliss-reactive ketones (excluding diaryl/α,β-unsaturated/α-hetero) is 1. The number of amides is 1. The summed E-state index contributed by atoms with van der Waals surface area (Å²) in [5.41, 5.74) is 1.11. The third kappa shape index (κ3) is 4.56. The first-order chi connectivity index (χ1) is 14.9. The Bertz CT molecular complexity index is 999. The van der Waals surface area contributed by atoms with Crippen molar-refractivity contribution in [2.24, 2.45) is 0 Å². The maximum Gasteiger partial charge on any atom is 0.295 e. The molecule has 0 unspecified atom stereocenters. The van der Waals surface area contributed by atoms with Crippen LogP contribution in [0.5, 0.6) is 11.5 Å². The lowest BCUT2D eigenvalue weighted by Crippen LogP contribution is -2.32. The van der Waals surface area contributed by atoms with E-state index in [9.17, 15) is 14.7 Å². The van der Waals surface area contributed by atoms with Crippen molar-refractivity contribution in [2.45, 2.75) is 12.5 Å². The number of para-hydroxylation sites is 1. The number of aliphatic hydroxyl groups is 1. The fourth-order valence-electron chi connectivity index (χ4n) is 3.81. The average Bonchev–Trinajstić information content (AvgIpc) is 3.03. The van der Waals surface area contributed by atoms with Gasteiger partial charge in [0.15, 0.2) is 0 Å². The minimum absolute atomic E-state index is 0.0487. The number of benzene rings is 2. The third-order valence-electron chi connectivity index (χ3n) is 5.32. The normalized spacial score (nSPS) is 18.0. The smallest absolute Gasteiger partial charge is 0.295 e. The molecule has 1 fully saturated rings. The molecule has 1 atom stereocenters. The van der Waals surface area contributed by atoms with E-state index in [1.807, 2.05) is 37.2 Å². The summed E-state index contributed by atoms with van der Waals surface area (Å²) in [6.07, 6.45) is 0.685. The summed E-state index contributed by atoms with van der Waals surface area (Å²) in [6, 6.07) is 13.3. The van der Waals surface area contributed by atoms with Crippen molar-refractivity contribution in [2.75, 3.05) is 41.4 Å². The Morgan fingerprint density at radius 1 is 1.06 bits per heavy atom. The first kappa shape index (κ1) is 22.4. The minimum atomic E-state index is -0.746. The van der Waals surface area contributed by atoms with Gasteiger partial charge in [-0.1, -0.05) is 30.3 Å². The summed E-state index contributed by atoms with van der Waals surface area (Å²) in [5, 5.41) is 11.1. The highest BCUT2D eigenvalue weighted by atomic mass is 16.5. The summed E-state index contributed by atoms with van der Waals surface area (Å²) in [7, 11) is 6.97. The molecule has 2 aromatic carbocycles. The molecule has 0 saturated carbocycles. The number of carbonyl (C=O) groups excluding carboxylic acids is 2. The van der Waals surface area contributed by atoms with Crippen LogP contribution in [0.1, 0.15) is 23.6 Å². The molecule has 1 aliphatic rings. The molecule has 31 heavy (non-hydrogen) atoms. The van der Waals surface area contributed by atoms with Gasteiger partial charge >= 0.3 is 0 Å². The summed E-state index contributed by atoms with van der Waals surface area (Å²) in [4.78, 5) is 29.6. The molecule has 7 heteroatoms. The van der Waals surface area contributed by atoms with E-state index in [1.165, 1.54) is 12.0 Å². The molecule has 0 aliphatic carbocycles. The van der Waals surface area contributed by atoms with Gasteiger partial charge in [0.2, 0.25) is 0 Å². The zero-order valence-corrected chi connectivity index (χ0v) is 18.3. The molecule has 3 rings (SSSR count). The van der Waals surface area contributed by atoms with E-state index in [0.717, 1.165) is 6.54 Å². The van der Waals surface area contributed by atoms with E-state index in [4.69, 9.17) is 9.47 Å². The highest BCUT2D eigenvalue weighted by Crippen LogP contribution is 2.42. The van der Waals surface area contributed by atoms with Crippen molar-refractivity contribution in [3.63, 3.8) is 0 Å². The Morgan fingerprint density at radius 3 is 2.48 bits per heavy atom. The summed E-state index contributed by atoms with van der Waals surface area (Å²) in [5.74, 6) is -0.481. The van der Waals surface area contributed by atoms with Crippen molar-refractivity contribution in [1.29, 1.82) is 0 Å². The Hall–Kier alpha value is -3.32. The number of ketones is 1. The standard InChI is InChI=1S/C24H28N2O5/c1-25(2)13-8-14-26-21(18-11-5-6-12-19(18)31-4)20(23(28)24(26)29)22(27)16-9-7-10-17(15-16)30-3/h5-7,9-12,15,21,27H,8,13-14H2,1-4H3/b22-20+/t21-/m0/s1. The third-order valence-corrected chi connectivity index (χ3v) is 5.32. The van der Waals surface area contributed by atoms with Crippen LogP contribution in [-0.4, -0.2) is 68.0 Å². The van der Waals surface area contributed by atoms with Gasteiger partial charge in [-0.15, -0.1) is 0 Å². The fourth-order valence-corrected chi connectivity index (χ4v) is 3.81. The molecule has 1 aliphatic heterocycles. The molecule has 0 bridgehead atoms. The highest BCUT2D eigenvalue weighted by molar-refractivity contribution is 6.46. The largest absolute Gasteiger partial charge is 0.507 e. The zero-order chi connectivity index (χ0) is 22.5. The van der Waals surface area contributed by atoms with E-state index in [-0.39, 0.29) is 11.3 Å². The van der Waals surface area contributed by atoms with E-state index in [0.29, 0.717) is 35.6 Å². The topological polar surface area (TPSA) is 79.3 Å². The number of hydrogen-bond acceptors (Lipinski definition) is 6. The Kier molecular flexibility index (Phi) is 6.97. The fraction of sp³-hybridized carbons (Fsp3) is 0.333. The van der Waals surface area contributed by atoms with Gasteiger partial charge in [0.25, 0.3) is 11.7 Å². The van der Waals surface area contributed by atoms with Gasteiger partial charge in [0.05, 0.1) is 25.8 Å². The van der Waals surface area contributed by atoms with Gasteiger partial charge in [0, 0.05) is 17.7 Å². The van der Waals surface area contributed by atoms with Crippen LogP contribution in [0.4, 0.5) is 0 Å². The second-order valence-corrected chi connectivity index (χ2v) is 7.62. The Balaban J connectivity index is 2.15. The highest BCUT2D eigenvalue weighted by Gasteiger charge is 2.46. The number of ether oxygens (including phenoxy) is 2. The van der Waals surface area contributed by atoms with Crippen molar-refractivity contribution < 1.29 is 24.2 Å². The van der Waals surface area contributed by atoms with Crippen LogP contribution < -0.4 is 9.47 Å². The number of likely N-dealkylation sites (tertiary alicyclic amines) is 1. The maximum atomic E-state index is 13.1. The van der Waals surface area contributed by atoms with Crippen molar-refractivity contribution >= 4 is 17.4 Å². The lowest BCUT2D eigenvalue weighted by atomic mass is 9.94. The predicted octanol–water partition coefficient (Wildman–Crippen LogP) is 3.08. The van der Waals surface area contributed by atoms with Crippen LogP contribution in [0.15, 0.2) is 54.1 Å². The summed E-state index contributed by atoms with van der Waals surface area (Å²) >= 11 is 0. The minimum Gasteiger partial charge on any atom is -0.507 e. The van der Waals surface area contributed by atoms with E-state index >= 15 is 0 Å². The molecule has 164 valence electrons. The molecular weight excluding hydrogens is 396 g/mol. The quantitative estimate of drug-likeness (QED) is 0.399. The van der Waals surface area contributed by atoms with Crippen molar-refractivity contribution in [3.05, 3.63) is 65.2 Å². The Morgan fingerprint density at radius 2 is 1.81 bits per heavy atom. The molecule has 1 N–H and O–H groups in total. The first-order valence-corrected chi connectivity index (χ1v) is 10.1. The number of aliphatic hydroxyl groups excluding tert-OH is 1. The number of hydrogen-bond donors (Lipinski definition) is 1. The van der Waals surface area contributed by atoms with Gasteiger partial charge in [-0.05, 0) is 45.3 Å². The van der Waals surface area contributed by atoms with Crippen molar-refractivity contribution in [1.82, 2.24) is 9.80 Å². The monoisotopic (exact) mass is 424 g/mol. The van der Waals surface area contributed by atoms with E-state index < -0.39 is 17.7 Å². The van der Waals surface area contributed by atoms with Crippen LogP contribution >= 0.6 is 0 Å². The van der Waals surface area contributed by atoms with Crippen LogP contribution in [-0.2, 0) is 9.59 Å². The predicted molar refractivity (Wildman–Crippen MR) is 118 cm³/mol. The molecule has 1 amide bonds. The second-order valence-electron chi connectivity index (χ2n) is 7.62. The number of methoxy groups -OCH3 is 2. The maximum absolute atomic E-state index is 13.1. The molecule has 7 nitrogen and oxygen atoms in total. The summed E-state index contributed by atoms with van der Waals surface area (Å²) in [6.45, 7) is 1.14. The van der Waals surface area contributed by atoms with Crippen LogP contribution in [0.2, 0.25) is 0 Å². The molecule has 0 aromatic heterocycles. The van der Waals surface area contributed by atoms with Crippen LogP contribution in [0.3, 0.4) is 0 Å². The number of nitrogens with zero attached hydrogens (tertiary/aromatic N) is 2. The molecule has 2 aromatic rings. The van der Waals surface area contributed by atoms with E-state index in [1.54, 1.807) is 37.4 Å². The summed E-state index contributed by atoms with van der Waals surface area (Å²) < 4.78 is 10.7. The molecule has 1 heterocycles. The van der Waals surface area contributed by atoms with Gasteiger partial charge in [0.1, 0.15) is 17.3 Å². The molecular formula is C24H28N2O5. The van der Waals surface area contributed by atoms with Gasteiger partial charge in [-0.25, -0.2) is 0 Å². The molecule has 0 spiro atoms. The molecule has 1 saturated heterocycles. The van der Waals surface area contributed by atoms with Crippen molar-refractivity contribution in [3.8, 4) is 11.5 Å². The van der Waals surface area contributed by atoms with Crippen LogP contribution in [0, 0.1) is 0 Å². The first-order valence-electron chi connectivity index (χ1n) is 10.1. The second kappa shape index (κ2) is 9.66. The average molecular weight is 424 g/mol. The van der Waals surface area contributed by atoms with Gasteiger partial charge in [-0.2, -0.15) is 0 Å². The number of rotatable bonds is 8. The zero-order valence-electron chi connectivity index (χ0n) is 18.3. The van der Waals surface area contributed by atoms with Gasteiger partial charge < -0.3 is 24.4 Å².